The molecule has 0 radical (unpaired) electrons. The molecule has 1 fully saturated rings. The SMILES string of the molecule is O=c1[nH]c2ncc(-c3cnc4[nH]ccc4c3)cc2n1CC1COCCO1. The third kappa shape index (κ3) is 2.59. The maximum atomic E-state index is 12.4. The van der Waals surface area contributed by atoms with E-state index < -0.39 is 0 Å². The first-order chi connectivity index (χ1) is 12.8. The molecular formula is C18H17N5O3. The number of fused-ring (bicyclic) bond motifs is 2. The molecule has 26 heavy (non-hydrogen) atoms. The molecule has 1 unspecified atom stereocenters. The van der Waals surface area contributed by atoms with Crippen LogP contribution < -0.4 is 5.69 Å². The van der Waals surface area contributed by atoms with Crippen LogP contribution >= 0.6 is 0 Å². The number of pyridine rings is 2. The van der Waals surface area contributed by atoms with Crippen molar-refractivity contribution >= 4 is 22.2 Å². The highest BCUT2D eigenvalue weighted by atomic mass is 16.6. The van der Waals surface area contributed by atoms with Gasteiger partial charge >= 0.3 is 5.69 Å². The number of nitrogens with zero attached hydrogens (tertiary/aromatic N) is 3. The molecule has 1 aliphatic rings. The molecule has 132 valence electrons. The van der Waals surface area contributed by atoms with Gasteiger partial charge in [0.1, 0.15) is 5.65 Å². The predicted octanol–water partition coefficient (Wildman–Crippen LogP) is 1.68. The van der Waals surface area contributed by atoms with Crippen molar-refractivity contribution in [2.45, 2.75) is 12.6 Å². The van der Waals surface area contributed by atoms with Crippen LogP contribution in [0.1, 0.15) is 0 Å². The van der Waals surface area contributed by atoms with Crippen LogP contribution in [0.25, 0.3) is 33.3 Å². The lowest BCUT2D eigenvalue weighted by molar-refractivity contribution is -0.0934. The lowest BCUT2D eigenvalue weighted by Crippen LogP contribution is -2.34. The van der Waals surface area contributed by atoms with E-state index in [4.69, 9.17) is 9.47 Å². The molecule has 0 saturated carbocycles. The highest BCUT2D eigenvalue weighted by molar-refractivity contribution is 5.84. The van der Waals surface area contributed by atoms with Crippen molar-refractivity contribution in [2.24, 2.45) is 0 Å². The zero-order valence-electron chi connectivity index (χ0n) is 13.9. The van der Waals surface area contributed by atoms with Gasteiger partial charge in [-0.25, -0.2) is 14.8 Å². The first kappa shape index (κ1) is 15.3. The largest absolute Gasteiger partial charge is 0.376 e. The minimum Gasteiger partial charge on any atom is -0.376 e. The van der Waals surface area contributed by atoms with E-state index in [1.807, 2.05) is 18.3 Å². The second kappa shape index (κ2) is 6.08. The summed E-state index contributed by atoms with van der Waals surface area (Å²) in [5.41, 5.74) is 3.81. The van der Waals surface area contributed by atoms with E-state index >= 15 is 0 Å². The smallest absolute Gasteiger partial charge is 0.327 e. The molecule has 0 bridgehead atoms. The van der Waals surface area contributed by atoms with Gasteiger partial charge in [-0.3, -0.25) is 9.55 Å². The fourth-order valence-electron chi connectivity index (χ4n) is 3.32. The number of ether oxygens (including phenoxy) is 2. The van der Waals surface area contributed by atoms with Crippen molar-refractivity contribution in [1.82, 2.24) is 24.5 Å². The van der Waals surface area contributed by atoms with Gasteiger partial charge in [-0.2, -0.15) is 0 Å². The number of imidazole rings is 1. The summed E-state index contributed by atoms with van der Waals surface area (Å²) in [6.07, 6.45) is 5.27. The molecule has 5 rings (SSSR count). The van der Waals surface area contributed by atoms with Crippen molar-refractivity contribution in [3.05, 3.63) is 47.3 Å². The molecule has 1 atom stereocenters. The summed E-state index contributed by atoms with van der Waals surface area (Å²) >= 11 is 0. The molecule has 0 amide bonds. The first-order valence-electron chi connectivity index (χ1n) is 8.49. The lowest BCUT2D eigenvalue weighted by atomic mass is 10.1. The second-order valence-electron chi connectivity index (χ2n) is 6.34. The van der Waals surface area contributed by atoms with Crippen molar-refractivity contribution in [3.8, 4) is 11.1 Å². The molecule has 0 aromatic carbocycles. The summed E-state index contributed by atoms with van der Waals surface area (Å²) < 4.78 is 12.8. The monoisotopic (exact) mass is 351 g/mol. The van der Waals surface area contributed by atoms with Crippen molar-refractivity contribution < 1.29 is 9.47 Å². The molecular weight excluding hydrogens is 334 g/mol. The number of aromatic nitrogens is 5. The Hall–Kier alpha value is -2.97. The minimum atomic E-state index is -0.196. The highest BCUT2D eigenvalue weighted by Crippen LogP contribution is 2.24. The van der Waals surface area contributed by atoms with Crippen LogP contribution in [-0.2, 0) is 16.0 Å². The molecule has 4 aromatic heterocycles. The summed E-state index contributed by atoms with van der Waals surface area (Å²) in [5, 5.41) is 1.03. The molecule has 1 saturated heterocycles. The zero-order chi connectivity index (χ0) is 17.5. The van der Waals surface area contributed by atoms with Crippen LogP contribution in [0, 0.1) is 0 Å². The Balaban J connectivity index is 1.57. The van der Waals surface area contributed by atoms with Gasteiger partial charge in [-0.1, -0.05) is 0 Å². The van der Waals surface area contributed by atoms with Gasteiger partial charge in [0, 0.05) is 35.1 Å². The van der Waals surface area contributed by atoms with Crippen LogP contribution in [0.15, 0.2) is 41.6 Å². The molecule has 2 N–H and O–H groups in total. The Kier molecular flexibility index (Phi) is 3.58. The van der Waals surface area contributed by atoms with Gasteiger partial charge < -0.3 is 14.5 Å². The normalized spacial score (nSPS) is 17.9. The van der Waals surface area contributed by atoms with Gasteiger partial charge in [0.05, 0.1) is 38.0 Å². The quantitative estimate of drug-likeness (QED) is 0.585. The summed E-state index contributed by atoms with van der Waals surface area (Å²) in [6, 6.07) is 5.98. The Labute approximate surface area is 147 Å². The number of hydrogen-bond acceptors (Lipinski definition) is 5. The molecule has 5 heterocycles. The summed E-state index contributed by atoms with van der Waals surface area (Å²) in [7, 11) is 0. The third-order valence-electron chi connectivity index (χ3n) is 4.63. The fourth-order valence-corrected chi connectivity index (χ4v) is 3.32. The van der Waals surface area contributed by atoms with E-state index in [1.165, 1.54) is 0 Å². The summed E-state index contributed by atoms with van der Waals surface area (Å²) in [6.45, 7) is 2.06. The average Bonchev–Trinajstić information content (AvgIpc) is 3.26. The van der Waals surface area contributed by atoms with Crippen LogP contribution in [0.5, 0.6) is 0 Å². The fraction of sp³-hybridized carbons (Fsp3) is 0.278. The maximum absolute atomic E-state index is 12.4. The number of aromatic amines is 2. The van der Waals surface area contributed by atoms with Crippen molar-refractivity contribution in [3.63, 3.8) is 0 Å². The van der Waals surface area contributed by atoms with E-state index in [0.29, 0.717) is 32.0 Å². The van der Waals surface area contributed by atoms with Gasteiger partial charge in [0.2, 0.25) is 0 Å². The van der Waals surface area contributed by atoms with E-state index in [9.17, 15) is 4.79 Å². The lowest BCUT2D eigenvalue weighted by Gasteiger charge is -2.23. The standard InChI is InChI=1S/C18H17N5O3/c24-18-22-17-15(23(18)9-14-10-25-3-4-26-14)6-13(8-21-17)12-5-11-1-2-19-16(11)20-7-12/h1-2,5-8,14H,3-4,9-10H2,(H,19,20)(H,21,22,24). The number of rotatable bonds is 3. The number of nitrogens with one attached hydrogen (secondary N) is 2. The third-order valence-corrected chi connectivity index (χ3v) is 4.63. The van der Waals surface area contributed by atoms with Crippen LogP contribution in [0.3, 0.4) is 0 Å². The van der Waals surface area contributed by atoms with E-state index in [1.54, 1.807) is 17.0 Å². The van der Waals surface area contributed by atoms with E-state index in [0.717, 1.165) is 27.7 Å². The predicted molar refractivity (Wildman–Crippen MR) is 96.0 cm³/mol. The Morgan fingerprint density at radius 1 is 1.15 bits per heavy atom. The average molecular weight is 351 g/mol. The van der Waals surface area contributed by atoms with Crippen molar-refractivity contribution in [2.75, 3.05) is 19.8 Å². The molecule has 8 nitrogen and oxygen atoms in total. The molecule has 4 aromatic rings. The number of hydrogen-bond donors (Lipinski definition) is 2. The van der Waals surface area contributed by atoms with Crippen LogP contribution in [-0.4, -0.2) is 50.4 Å². The van der Waals surface area contributed by atoms with Gasteiger partial charge in [-0.05, 0) is 18.2 Å². The Bertz CT molecular complexity index is 1140. The molecule has 8 heteroatoms. The summed E-state index contributed by atoms with van der Waals surface area (Å²) in [5.74, 6) is 0. The Morgan fingerprint density at radius 3 is 2.85 bits per heavy atom. The molecule has 0 spiro atoms. The van der Waals surface area contributed by atoms with E-state index in [2.05, 4.69) is 26.0 Å². The van der Waals surface area contributed by atoms with Crippen LogP contribution in [0.2, 0.25) is 0 Å². The first-order valence-corrected chi connectivity index (χ1v) is 8.49. The van der Waals surface area contributed by atoms with Gasteiger partial charge in [-0.15, -0.1) is 0 Å². The van der Waals surface area contributed by atoms with Crippen LogP contribution in [0.4, 0.5) is 0 Å². The minimum absolute atomic E-state index is 0.137. The molecule has 1 aliphatic heterocycles. The second-order valence-corrected chi connectivity index (χ2v) is 6.34. The number of H-pyrrole nitrogens is 2. The van der Waals surface area contributed by atoms with E-state index in [-0.39, 0.29) is 11.8 Å². The van der Waals surface area contributed by atoms with Gasteiger partial charge in [0.25, 0.3) is 0 Å². The maximum Gasteiger partial charge on any atom is 0.327 e. The summed E-state index contributed by atoms with van der Waals surface area (Å²) in [4.78, 5) is 27.1. The van der Waals surface area contributed by atoms with Crippen molar-refractivity contribution in [1.29, 1.82) is 0 Å². The van der Waals surface area contributed by atoms with Gasteiger partial charge in [0.15, 0.2) is 5.65 Å². The zero-order valence-corrected chi connectivity index (χ0v) is 13.9. The highest BCUT2D eigenvalue weighted by Gasteiger charge is 2.18. The topological polar surface area (TPSA) is 97.8 Å². The molecule has 0 aliphatic carbocycles. The Morgan fingerprint density at radius 2 is 2.00 bits per heavy atom.